The van der Waals surface area contributed by atoms with Gasteiger partial charge in [0, 0.05) is 41.5 Å². The van der Waals surface area contributed by atoms with Gasteiger partial charge in [-0.15, -0.1) is 0 Å². The number of pyridine rings is 2. The molecule has 3 aromatic heterocycles. The zero-order chi connectivity index (χ0) is 17.1. The van der Waals surface area contributed by atoms with Gasteiger partial charge in [0.1, 0.15) is 11.5 Å². The van der Waals surface area contributed by atoms with E-state index in [-0.39, 0.29) is 5.84 Å². The summed E-state index contributed by atoms with van der Waals surface area (Å²) >= 11 is 0. The van der Waals surface area contributed by atoms with E-state index in [9.17, 15) is 0 Å². The van der Waals surface area contributed by atoms with Crippen molar-refractivity contribution in [2.45, 2.75) is 6.92 Å². The molecule has 0 amide bonds. The second-order valence-electron chi connectivity index (χ2n) is 5.20. The molecular weight excluding hydrogens is 302 g/mol. The van der Waals surface area contributed by atoms with Crippen molar-refractivity contribution < 1.29 is 0 Å². The molecule has 7 nitrogen and oxygen atoms in total. The van der Waals surface area contributed by atoms with Crippen LogP contribution in [0.15, 0.2) is 49.1 Å². The molecule has 7 heteroatoms. The lowest BCUT2D eigenvalue weighted by atomic mass is 10.1. The number of nitrogens with zero attached hydrogens (tertiary/aromatic N) is 4. The highest BCUT2D eigenvalue weighted by molar-refractivity contribution is 5.94. The molecule has 3 aromatic rings. The maximum Gasteiger partial charge on any atom is 0.160 e. The zero-order valence-corrected chi connectivity index (χ0v) is 13.0. The van der Waals surface area contributed by atoms with Crippen LogP contribution in [0, 0.1) is 10.8 Å². The SMILES string of the molecule is CC(=N)c1ccc(-c2ncc(-c3ccc(C(=N)N)nc3)cn2)cn1. The van der Waals surface area contributed by atoms with Crippen molar-refractivity contribution >= 4 is 11.5 Å². The van der Waals surface area contributed by atoms with Gasteiger partial charge < -0.3 is 11.1 Å². The molecule has 0 unspecified atom stereocenters. The highest BCUT2D eigenvalue weighted by Gasteiger charge is 2.06. The molecule has 0 spiro atoms. The molecule has 0 aliphatic carbocycles. The van der Waals surface area contributed by atoms with E-state index in [1.807, 2.05) is 12.1 Å². The molecule has 0 radical (unpaired) electrons. The lowest BCUT2D eigenvalue weighted by Gasteiger charge is -2.04. The molecule has 118 valence electrons. The Hall–Kier alpha value is -3.48. The van der Waals surface area contributed by atoms with Crippen LogP contribution in [0.5, 0.6) is 0 Å². The smallest absolute Gasteiger partial charge is 0.160 e. The number of nitrogen functional groups attached to an aromatic ring is 1. The Balaban J connectivity index is 1.84. The van der Waals surface area contributed by atoms with Crippen LogP contribution in [0.1, 0.15) is 18.3 Å². The van der Waals surface area contributed by atoms with Gasteiger partial charge >= 0.3 is 0 Å². The number of amidine groups is 1. The molecule has 0 atom stereocenters. The van der Waals surface area contributed by atoms with Gasteiger partial charge in [-0.05, 0) is 25.1 Å². The Bertz CT molecular complexity index is 805. The minimum atomic E-state index is -0.0655. The second-order valence-corrected chi connectivity index (χ2v) is 5.20. The summed E-state index contributed by atoms with van der Waals surface area (Å²) in [6.07, 6.45) is 6.72. The highest BCUT2D eigenvalue weighted by atomic mass is 14.9. The fourth-order valence-corrected chi connectivity index (χ4v) is 2.10. The lowest BCUT2D eigenvalue weighted by Crippen LogP contribution is -2.12. The molecule has 0 saturated heterocycles. The van der Waals surface area contributed by atoms with Crippen molar-refractivity contribution in [3.63, 3.8) is 0 Å². The minimum Gasteiger partial charge on any atom is -0.382 e. The molecule has 0 fully saturated rings. The van der Waals surface area contributed by atoms with E-state index in [0.29, 0.717) is 22.9 Å². The summed E-state index contributed by atoms with van der Waals surface area (Å²) in [5.74, 6) is 0.498. The van der Waals surface area contributed by atoms with E-state index >= 15 is 0 Å². The Morgan fingerprint density at radius 1 is 0.750 bits per heavy atom. The zero-order valence-electron chi connectivity index (χ0n) is 13.0. The third-order valence-electron chi connectivity index (χ3n) is 3.43. The topological polar surface area (TPSA) is 125 Å². The predicted molar refractivity (Wildman–Crippen MR) is 92.0 cm³/mol. The van der Waals surface area contributed by atoms with Crippen LogP contribution in [0.2, 0.25) is 0 Å². The standard InChI is InChI=1S/C17H15N7/c1-10(18)14-4-3-12(7-21-14)17-23-8-13(9-24-17)11-2-5-15(16(19)20)22-6-11/h2-9,18H,1H3,(H3,19,20). The second kappa shape index (κ2) is 6.33. The largest absolute Gasteiger partial charge is 0.382 e. The van der Waals surface area contributed by atoms with Crippen LogP contribution >= 0.6 is 0 Å². The Morgan fingerprint density at radius 2 is 1.29 bits per heavy atom. The van der Waals surface area contributed by atoms with Gasteiger partial charge in [0.05, 0.1) is 11.4 Å². The maximum absolute atomic E-state index is 7.55. The summed E-state index contributed by atoms with van der Waals surface area (Å²) in [6, 6.07) is 7.14. The Labute approximate surface area is 138 Å². The summed E-state index contributed by atoms with van der Waals surface area (Å²) in [6.45, 7) is 1.69. The normalized spacial score (nSPS) is 10.4. The molecule has 0 saturated carbocycles. The molecule has 0 aromatic carbocycles. The number of hydrogen-bond donors (Lipinski definition) is 3. The van der Waals surface area contributed by atoms with E-state index in [4.69, 9.17) is 16.6 Å². The summed E-state index contributed by atoms with van der Waals surface area (Å²) in [7, 11) is 0. The maximum atomic E-state index is 7.55. The first-order chi connectivity index (χ1) is 11.5. The van der Waals surface area contributed by atoms with Gasteiger partial charge in [-0.3, -0.25) is 15.4 Å². The first-order valence-electron chi connectivity index (χ1n) is 7.19. The van der Waals surface area contributed by atoms with Crippen LogP contribution in [-0.2, 0) is 0 Å². The molecule has 0 aliphatic heterocycles. The summed E-state index contributed by atoms with van der Waals surface area (Å²) in [5, 5.41) is 14.9. The molecule has 3 rings (SSSR count). The van der Waals surface area contributed by atoms with E-state index < -0.39 is 0 Å². The number of nitrogens with one attached hydrogen (secondary N) is 2. The third kappa shape index (κ3) is 3.14. The van der Waals surface area contributed by atoms with Gasteiger partial charge in [0.15, 0.2) is 5.82 Å². The fourth-order valence-electron chi connectivity index (χ4n) is 2.10. The van der Waals surface area contributed by atoms with E-state index in [2.05, 4.69) is 19.9 Å². The van der Waals surface area contributed by atoms with Gasteiger partial charge in [-0.25, -0.2) is 9.97 Å². The van der Waals surface area contributed by atoms with Gasteiger partial charge in [-0.1, -0.05) is 6.07 Å². The van der Waals surface area contributed by atoms with E-state index in [0.717, 1.165) is 16.7 Å². The quantitative estimate of drug-likeness (QED) is 0.503. The first-order valence-corrected chi connectivity index (χ1v) is 7.19. The lowest BCUT2D eigenvalue weighted by molar-refractivity contribution is 1.16. The molecule has 3 heterocycles. The van der Waals surface area contributed by atoms with Gasteiger partial charge in [0.25, 0.3) is 0 Å². The monoisotopic (exact) mass is 317 g/mol. The number of rotatable bonds is 4. The highest BCUT2D eigenvalue weighted by Crippen LogP contribution is 2.19. The van der Waals surface area contributed by atoms with Crippen molar-refractivity contribution in [3.8, 4) is 22.5 Å². The Kier molecular flexibility index (Phi) is 4.07. The van der Waals surface area contributed by atoms with Crippen LogP contribution < -0.4 is 5.73 Å². The fraction of sp³-hybridized carbons (Fsp3) is 0.0588. The average molecular weight is 317 g/mol. The van der Waals surface area contributed by atoms with E-state index in [1.54, 1.807) is 43.8 Å². The van der Waals surface area contributed by atoms with Crippen LogP contribution in [0.4, 0.5) is 0 Å². The number of aromatic nitrogens is 4. The van der Waals surface area contributed by atoms with Crippen LogP contribution in [-0.4, -0.2) is 31.5 Å². The predicted octanol–water partition coefficient (Wildman–Crippen LogP) is 2.27. The summed E-state index contributed by atoms with van der Waals surface area (Å²) in [4.78, 5) is 17.1. The Morgan fingerprint density at radius 3 is 1.79 bits per heavy atom. The molecule has 0 aliphatic rings. The summed E-state index contributed by atoms with van der Waals surface area (Å²) in [5.41, 5.74) is 9.33. The van der Waals surface area contributed by atoms with Crippen molar-refractivity contribution in [1.29, 1.82) is 10.8 Å². The molecule has 0 bridgehead atoms. The number of nitrogens with two attached hydrogens (primary N) is 1. The molecule has 4 N–H and O–H groups in total. The van der Waals surface area contributed by atoms with E-state index in [1.165, 1.54) is 0 Å². The van der Waals surface area contributed by atoms with Crippen molar-refractivity contribution in [1.82, 2.24) is 19.9 Å². The van der Waals surface area contributed by atoms with Crippen molar-refractivity contribution in [2.75, 3.05) is 0 Å². The average Bonchev–Trinajstić information content (AvgIpc) is 2.62. The molecular formula is C17H15N7. The van der Waals surface area contributed by atoms with Crippen LogP contribution in [0.3, 0.4) is 0 Å². The van der Waals surface area contributed by atoms with Gasteiger partial charge in [0.2, 0.25) is 0 Å². The van der Waals surface area contributed by atoms with Crippen molar-refractivity contribution in [3.05, 3.63) is 60.4 Å². The summed E-state index contributed by atoms with van der Waals surface area (Å²) < 4.78 is 0. The number of hydrogen-bond acceptors (Lipinski definition) is 6. The van der Waals surface area contributed by atoms with Crippen molar-refractivity contribution in [2.24, 2.45) is 5.73 Å². The molecule has 24 heavy (non-hydrogen) atoms. The third-order valence-corrected chi connectivity index (χ3v) is 3.43. The first kappa shape index (κ1) is 15.4. The van der Waals surface area contributed by atoms with Gasteiger partial charge in [-0.2, -0.15) is 0 Å². The van der Waals surface area contributed by atoms with Crippen LogP contribution in [0.25, 0.3) is 22.5 Å². The minimum absolute atomic E-state index is 0.0655.